The predicted molar refractivity (Wildman–Crippen MR) is 67.3 cm³/mol. The minimum absolute atomic E-state index is 0.550. The lowest BCUT2D eigenvalue weighted by Crippen LogP contribution is -2.21. The lowest BCUT2D eigenvalue weighted by Gasteiger charge is -2.15. The molecule has 0 saturated carbocycles. The molecule has 5 heteroatoms. The van der Waals surface area contributed by atoms with E-state index in [1.807, 2.05) is 0 Å². The molecular formula is C11H21N3OS. The maximum atomic E-state index is 5.69. The lowest BCUT2D eigenvalue weighted by molar-refractivity contribution is 0.181. The molecule has 0 atom stereocenters. The van der Waals surface area contributed by atoms with E-state index in [1.165, 1.54) is 0 Å². The molecule has 1 aromatic heterocycles. The summed E-state index contributed by atoms with van der Waals surface area (Å²) in [6.07, 6.45) is 0. The number of ether oxygens (including phenoxy) is 1. The van der Waals surface area contributed by atoms with E-state index in [0.29, 0.717) is 13.2 Å². The van der Waals surface area contributed by atoms with Gasteiger partial charge in [0.25, 0.3) is 0 Å². The fourth-order valence-corrected chi connectivity index (χ4v) is 2.55. The molecule has 4 nitrogen and oxygen atoms in total. The second kappa shape index (κ2) is 6.96. The fourth-order valence-electron chi connectivity index (χ4n) is 1.55. The van der Waals surface area contributed by atoms with Crippen molar-refractivity contribution in [1.82, 2.24) is 9.88 Å². The molecule has 0 spiro atoms. The highest BCUT2D eigenvalue weighted by molar-refractivity contribution is 7.11. The molecule has 0 bridgehead atoms. The minimum Gasteiger partial charge on any atom is -0.378 e. The smallest absolute Gasteiger partial charge is 0.107 e. The Morgan fingerprint density at radius 3 is 2.56 bits per heavy atom. The van der Waals surface area contributed by atoms with Gasteiger partial charge < -0.3 is 10.5 Å². The second-order valence-electron chi connectivity index (χ2n) is 3.58. The summed E-state index contributed by atoms with van der Waals surface area (Å²) in [5.74, 6) is 0. The van der Waals surface area contributed by atoms with E-state index in [1.54, 1.807) is 18.4 Å². The van der Waals surface area contributed by atoms with Gasteiger partial charge in [-0.1, -0.05) is 13.8 Å². The van der Waals surface area contributed by atoms with Gasteiger partial charge in [0.15, 0.2) is 0 Å². The van der Waals surface area contributed by atoms with Gasteiger partial charge in [0.05, 0.1) is 18.8 Å². The van der Waals surface area contributed by atoms with Crippen LogP contribution in [0.4, 0.5) is 0 Å². The molecule has 1 heterocycles. The molecule has 0 saturated heterocycles. The molecular weight excluding hydrogens is 222 g/mol. The zero-order chi connectivity index (χ0) is 12.0. The van der Waals surface area contributed by atoms with Crippen molar-refractivity contribution in [2.24, 2.45) is 5.73 Å². The number of thiazole rings is 1. The van der Waals surface area contributed by atoms with Crippen LogP contribution < -0.4 is 5.73 Å². The third-order valence-electron chi connectivity index (χ3n) is 2.54. The van der Waals surface area contributed by atoms with Gasteiger partial charge in [-0.2, -0.15) is 0 Å². The molecule has 0 aromatic carbocycles. The summed E-state index contributed by atoms with van der Waals surface area (Å²) in [7, 11) is 1.68. The average Bonchev–Trinajstić information content (AvgIpc) is 2.68. The number of nitrogens with two attached hydrogens (primary N) is 1. The van der Waals surface area contributed by atoms with Crippen molar-refractivity contribution in [2.75, 3.05) is 20.2 Å². The van der Waals surface area contributed by atoms with Crippen molar-refractivity contribution in [3.63, 3.8) is 0 Å². The lowest BCUT2D eigenvalue weighted by atomic mass is 10.4. The van der Waals surface area contributed by atoms with E-state index in [2.05, 4.69) is 23.7 Å². The predicted octanol–water partition coefficient (Wildman–Crippen LogP) is 1.59. The number of rotatable bonds is 7. The first-order valence-electron chi connectivity index (χ1n) is 5.63. The highest BCUT2D eigenvalue weighted by Crippen LogP contribution is 2.20. The molecule has 0 radical (unpaired) electrons. The molecule has 0 amide bonds. The topological polar surface area (TPSA) is 51.4 Å². The molecule has 0 aliphatic heterocycles. The van der Waals surface area contributed by atoms with E-state index in [9.17, 15) is 0 Å². The van der Waals surface area contributed by atoms with Crippen molar-refractivity contribution in [2.45, 2.75) is 33.5 Å². The maximum absolute atomic E-state index is 5.69. The van der Waals surface area contributed by atoms with Crippen LogP contribution >= 0.6 is 11.3 Å². The van der Waals surface area contributed by atoms with Crippen LogP contribution in [0, 0.1) is 0 Å². The normalized spacial score (nSPS) is 11.3. The van der Waals surface area contributed by atoms with Gasteiger partial charge in [0.1, 0.15) is 5.01 Å². The quantitative estimate of drug-likeness (QED) is 0.790. The third-order valence-corrected chi connectivity index (χ3v) is 3.65. The molecule has 2 N–H and O–H groups in total. The minimum atomic E-state index is 0.550. The fraction of sp³-hybridized carbons (Fsp3) is 0.727. The molecule has 0 unspecified atom stereocenters. The van der Waals surface area contributed by atoms with Crippen LogP contribution in [0.15, 0.2) is 0 Å². The number of aromatic nitrogens is 1. The maximum Gasteiger partial charge on any atom is 0.107 e. The molecule has 1 aromatic rings. The molecule has 0 fully saturated rings. The van der Waals surface area contributed by atoms with Gasteiger partial charge in [-0.15, -0.1) is 11.3 Å². The van der Waals surface area contributed by atoms with Crippen LogP contribution in [0.2, 0.25) is 0 Å². The summed E-state index contributed by atoms with van der Waals surface area (Å²) >= 11 is 1.70. The van der Waals surface area contributed by atoms with Crippen LogP contribution in [-0.4, -0.2) is 30.1 Å². The number of methoxy groups -OCH3 is 1. The molecule has 1 rings (SSSR count). The Hall–Kier alpha value is -0.490. The zero-order valence-electron chi connectivity index (χ0n) is 10.3. The van der Waals surface area contributed by atoms with Gasteiger partial charge in [-0.3, -0.25) is 4.90 Å². The molecule has 0 aliphatic carbocycles. The average molecular weight is 243 g/mol. The van der Waals surface area contributed by atoms with E-state index >= 15 is 0 Å². The van der Waals surface area contributed by atoms with Gasteiger partial charge in [-0.25, -0.2) is 4.98 Å². The van der Waals surface area contributed by atoms with Crippen molar-refractivity contribution < 1.29 is 4.74 Å². The van der Waals surface area contributed by atoms with Gasteiger partial charge >= 0.3 is 0 Å². The summed E-state index contributed by atoms with van der Waals surface area (Å²) in [6, 6.07) is 0. The van der Waals surface area contributed by atoms with Crippen LogP contribution in [0.3, 0.4) is 0 Å². The summed E-state index contributed by atoms with van der Waals surface area (Å²) < 4.78 is 5.12. The standard InChI is InChI=1S/C11H21N3OS/c1-4-14(5-2)7-11-13-9(8-15-3)10(6-12)16-11/h4-8,12H2,1-3H3. The number of hydrogen-bond acceptors (Lipinski definition) is 5. The van der Waals surface area contributed by atoms with E-state index < -0.39 is 0 Å². The van der Waals surface area contributed by atoms with Gasteiger partial charge in [0.2, 0.25) is 0 Å². The Kier molecular flexibility index (Phi) is 5.90. The summed E-state index contributed by atoms with van der Waals surface area (Å²) in [6.45, 7) is 8.44. The summed E-state index contributed by atoms with van der Waals surface area (Å²) in [5.41, 5.74) is 6.69. The largest absolute Gasteiger partial charge is 0.378 e. The summed E-state index contributed by atoms with van der Waals surface area (Å²) in [5, 5.41) is 1.14. The van der Waals surface area contributed by atoms with Crippen LogP contribution in [0.25, 0.3) is 0 Å². The number of nitrogens with zero attached hydrogens (tertiary/aromatic N) is 2. The Morgan fingerprint density at radius 1 is 1.38 bits per heavy atom. The van der Waals surface area contributed by atoms with Crippen molar-refractivity contribution in [3.05, 3.63) is 15.6 Å². The number of hydrogen-bond donors (Lipinski definition) is 1. The highest BCUT2D eigenvalue weighted by atomic mass is 32.1. The zero-order valence-corrected chi connectivity index (χ0v) is 11.1. The Labute approximate surface area is 101 Å². The van der Waals surface area contributed by atoms with Crippen molar-refractivity contribution in [1.29, 1.82) is 0 Å². The van der Waals surface area contributed by atoms with E-state index in [4.69, 9.17) is 10.5 Å². The van der Waals surface area contributed by atoms with Crippen molar-refractivity contribution in [3.8, 4) is 0 Å². The van der Waals surface area contributed by atoms with Gasteiger partial charge in [0, 0.05) is 18.5 Å². The Bertz CT molecular complexity index is 310. The Balaban J connectivity index is 2.73. The first kappa shape index (κ1) is 13.6. The first-order chi connectivity index (χ1) is 7.74. The SMILES string of the molecule is CCN(CC)Cc1nc(COC)c(CN)s1. The van der Waals surface area contributed by atoms with Crippen molar-refractivity contribution >= 4 is 11.3 Å². The molecule has 16 heavy (non-hydrogen) atoms. The highest BCUT2D eigenvalue weighted by Gasteiger charge is 2.11. The molecule has 92 valence electrons. The monoisotopic (exact) mass is 243 g/mol. The first-order valence-corrected chi connectivity index (χ1v) is 6.45. The molecule has 0 aliphatic rings. The Morgan fingerprint density at radius 2 is 2.06 bits per heavy atom. The third kappa shape index (κ3) is 3.52. The van der Waals surface area contributed by atoms with Crippen LogP contribution in [0.5, 0.6) is 0 Å². The van der Waals surface area contributed by atoms with E-state index in [0.717, 1.165) is 35.2 Å². The summed E-state index contributed by atoms with van der Waals surface area (Å²) in [4.78, 5) is 8.06. The van der Waals surface area contributed by atoms with Crippen LogP contribution in [-0.2, 0) is 24.4 Å². The van der Waals surface area contributed by atoms with E-state index in [-0.39, 0.29) is 0 Å². The van der Waals surface area contributed by atoms with Crippen LogP contribution in [0.1, 0.15) is 29.4 Å². The second-order valence-corrected chi connectivity index (χ2v) is 4.74. The van der Waals surface area contributed by atoms with Gasteiger partial charge in [-0.05, 0) is 13.1 Å².